The number of aromatic nitrogens is 1. The Hall–Kier alpha value is -1.37. The number of oxazole rings is 1. The average Bonchev–Trinajstić information content (AvgIpc) is 2.97. The number of aryl methyl sites for hydroxylation is 1. The fourth-order valence-electron chi connectivity index (χ4n) is 1.70. The van der Waals surface area contributed by atoms with E-state index in [4.69, 9.17) is 9.52 Å². The molecule has 110 valence electrons. The Bertz CT molecular complexity index is 554. The number of rotatable bonds is 6. The van der Waals surface area contributed by atoms with Gasteiger partial charge in [-0.05, 0) is 25.4 Å². The Morgan fingerprint density at radius 1 is 1.55 bits per heavy atom. The number of nitrogens with zero attached hydrogens (tertiary/aromatic N) is 2. The lowest BCUT2D eigenvalue weighted by Gasteiger charge is -2.13. The van der Waals surface area contributed by atoms with Gasteiger partial charge in [0.05, 0.1) is 17.0 Å². The minimum atomic E-state index is -0.789. The van der Waals surface area contributed by atoms with E-state index in [1.165, 1.54) is 0 Å². The zero-order valence-electron chi connectivity index (χ0n) is 11.3. The van der Waals surface area contributed by atoms with Crippen LogP contribution < -0.4 is 0 Å². The van der Waals surface area contributed by atoms with Gasteiger partial charge in [-0.1, -0.05) is 6.07 Å². The molecule has 7 heteroatoms. The van der Waals surface area contributed by atoms with Crippen molar-refractivity contribution in [1.29, 1.82) is 0 Å². The summed E-state index contributed by atoms with van der Waals surface area (Å²) in [7, 11) is 1.88. The fourth-order valence-corrected chi connectivity index (χ4v) is 2.35. The number of carboxylic acid groups (broad SMARTS) is 1. The molecule has 0 aliphatic heterocycles. The van der Waals surface area contributed by atoms with Gasteiger partial charge in [0.1, 0.15) is 5.76 Å². The van der Waals surface area contributed by atoms with E-state index in [0.29, 0.717) is 19.0 Å². The van der Waals surface area contributed by atoms with E-state index < -0.39 is 5.97 Å². The minimum absolute atomic E-state index is 0. The Balaban J connectivity index is 0.00000200. The van der Waals surface area contributed by atoms with Gasteiger partial charge in [0.25, 0.3) is 0 Å². The van der Waals surface area contributed by atoms with E-state index >= 15 is 0 Å². The molecule has 0 spiro atoms. The first-order valence-electron chi connectivity index (χ1n) is 5.97. The smallest absolute Gasteiger partial charge is 0.304 e. The van der Waals surface area contributed by atoms with Gasteiger partial charge in [-0.3, -0.25) is 9.69 Å². The lowest BCUT2D eigenvalue weighted by molar-refractivity contribution is -0.137. The Kier molecular flexibility index (Phi) is 6.19. The molecule has 0 bridgehead atoms. The predicted octanol–water partition coefficient (Wildman–Crippen LogP) is 3.04. The van der Waals surface area contributed by atoms with Crippen LogP contribution >= 0.6 is 23.7 Å². The van der Waals surface area contributed by atoms with Gasteiger partial charge < -0.3 is 9.52 Å². The van der Waals surface area contributed by atoms with Gasteiger partial charge in [-0.15, -0.1) is 23.7 Å². The quantitative estimate of drug-likeness (QED) is 0.887. The first-order chi connectivity index (χ1) is 9.06. The van der Waals surface area contributed by atoms with Gasteiger partial charge in [-0.2, -0.15) is 0 Å². The van der Waals surface area contributed by atoms with Crippen LogP contribution in [0.25, 0.3) is 10.8 Å². The molecule has 0 fully saturated rings. The SMILES string of the molecule is Cc1oc(-c2cccs2)nc1CN(C)CCC(=O)O.Cl. The van der Waals surface area contributed by atoms with Crippen molar-refractivity contribution in [3.63, 3.8) is 0 Å². The van der Waals surface area contributed by atoms with E-state index in [1.807, 2.05) is 36.4 Å². The number of aliphatic carboxylic acids is 1. The van der Waals surface area contributed by atoms with Crippen molar-refractivity contribution in [3.8, 4) is 10.8 Å². The molecule has 2 aromatic heterocycles. The monoisotopic (exact) mass is 316 g/mol. The summed E-state index contributed by atoms with van der Waals surface area (Å²) < 4.78 is 5.64. The highest BCUT2D eigenvalue weighted by atomic mass is 35.5. The molecular weight excluding hydrogens is 300 g/mol. The third kappa shape index (κ3) is 4.33. The number of hydrogen-bond donors (Lipinski definition) is 1. The molecule has 2 heterocycles. The lowest BCUT2D eigenvalue weighted by atomic mass is 10.3. The second kappa shape index (κ2) is 7.42. The fraction of sp³-hybridized carbons (Fsp3) is 0.385. The van der Waals surface area contributed by atoms with Crippen LogP contribution in [0, 0.1) is 6.92 Å². The first-order valence-corrected chi connectivity index (χ1v) is 6.84. The van der Waals surface area contributed by atoms with Crippen LogP contribution in [-0.4, -0.2) is 34.6 Å². The Morgan fingerprint density at radius 3 is 2.90 bits per heavy atom. The molecule has 0 radical (unpaired) electrons. The van der Waals surface area contributed by atoms with E-state index in [1.54, 1.807) is 11.3 Å². The van der Waals surface area contributed by atoms with E-state index in [2.05, 4.69) is 4.98 Å². The summed E-state index contributed by atoms with van der Waals surface area (Å²) in [5.41, 5.74) is 0.858. The maximum Gasteiger partial charge on any atom is 0.304 e. The summed E-state index contributed by atoms with van der Waals surface area (Å²) in [6.45, 7) is 2.97. The van der Waals surface area contributed by atoms with E-state index in [0.717, 1.165) is 16.3 Å². The molecule has 0 amide bonds. The molecule has 0 atom stereocenters. The van der Waals surface area contributed by atoms with Crippen LogP contribution in [0.5, 0.6) is 0 Å². The molecule has 2 rings (SSSR count). The zero-order chi connectivity index (χ0) is 13.8. The van der Waals surface area contributed by atoms with Gasteiger partial charge >= 0.3 is 5.97 Å². The van der Waals surface area contributed by atoms with E-state index in [-0.39, 0.29) is 18.8 Å². The number of hydrogen-bond acceptors (Lipinski definition) is 5. The maximum absolute atomic E-state index is 10.5. The number of thiophene rings is 1. The molecule has 1 N–H and O–H groups in total. The van der Waals surface area contributed by atoms with Crippen molar-refractivity contribution < 1.29 is 14.3 Å². The highest BCUT2D eigenvalue weighted by molar-refractivity contribution is 7.13. The van der Waals surface area contributed by atoms with E-state index in [9.17, 15) is 4.79 Å². The van der Waals surface area contributed by atoms with Crippen LogP contribution in [0.3, 0.4) is 0 Å². The van der Waals surface area contributed by atoms with Gasteiger partial charge in [0, 0.05) is 13.1 Å². The summed E-state index contributed by atoms with van der Waals surface area (Å²) >= 11 is 1.58. The third-order valence-corrected chi connectivity index (χ3v) is 3.61. The van der Waals surface area contributed by atoms with Crippen LogP contribution in [-0.2, 0) is 11.3 Å². The number of halogens is 1. The summed E-state index contributed by atoms with van der Waals surface area (Å²) in [5.74, 6) is 0.628. The predicted molar refractivity (Wildman–Crippen MR) is 80.4 cm³/mol. The Labute approximate surface area is 127 Å². The summed E-state index contributed by atoms with van der Waals surface area (Å²) in [5, 5.41) is 10.6. The van der Waals surface area contributed by atoms with Gasteiger partial charge in [0.2, 0.25) is 5.89 Å². The summed E-state index contributed by atoms with van der Waals surface area (Å²) in [6.07, 6.45) is 0.130. The molecule has 0 aliphatic carbocycles. The normalized spacial score (nSPS) is 10.6. The van der Waals surface area contributed by atoms with Crippen LogP contribution in [0.4, 0.5) is 0 Å². The molecule has 0 saturated carbocycles. The number of carboxylic acids is 1. The topological polar surface area (TPSA) is 66.6 Å². The van der Waals surface area contributed by atoms with Crippen molar-refractivity contribution in [1.82, 2.24) is 9.88 Å². The molecule has 0 saturated heterocycles. The lowest BCUT2D eigenvalue weighted by Crippen LogP contribution is -2.21. The van der Waals surface area contributed by atoms with Crippen molar-refractivity contribution >= 4 is 29.7 Å². The summed E-state index contributed by atoms with van der Waals surface area (Å²) in [4.78, 5) is 17.9. The van der Waals surface area contributed by atoms with Crippen molar-refractivity contribution in [2.45, 2.75) is 19.9 Å². The standard InChI is InChI=1S/C13H16N2O3S.ClH/c1-9-10(8-15(2)6-5-12(16)17)14-13(18-9)11-4-3-7-19-11;/h3-4,7H,5-6,8H2,1-2H3,(H,16,17);1H. The van der Waals surface area contributed by atoms with Crippen molar-refractivity contribution in [2.24, 2.45) is 0 Å². The highest BCUT2D eigenvalue weighted by Gasteiger charge is 2.14. The van der Waals surface area contributed by atoms with Crippen molar-refractivity contribution in [3.05, 3.63) is 29.0 Å². The average molecular weight is 317 g/mol. The third-order valence-electron chi connectivity index (χ3n) is 2.75. The molecule has 20 heavy (non-hydrogen) atoms. The van der Waals surface area contributed by atoms with Crippen LogP contribution in [0.2, 0.25) is 0 Å². The second-order valence-corrected chi connectivity index (χ2v) is 5.33. The largest absolute Gasteiger partial charge is 0.481 e. The first kappa shape index (κ1) is 16.7. The maximum atomic E-state index is 10.5. The van der Waals surface area contributed by atoms with Gasteiger partial charge in [-0.25, -0.2) is 4.98 Å². The molecular formula is C13H17ClN2O3S. The molecule has 2 aromatic rings. The van der Waals surface area contributed by atoms with Crippen molar-refractivity contribution in [2.75, 3.05) is 13.6 Å². The van der Waals surface area contributed by atoms with Crippen LogP contribution in [0.15, 0.2) is 21.9 Å². The summed E-state index contributed by atoms with van der Waals surface area (Å²) in [6, 6.07) is 3.92. The highest BCUT2D eigenvalue weighted by Crippen LogP contribution is 2.26. The number of carbonyl (C=O) groups is 1. The molecule has 0 aliphatic rings. The van der Waals surface area contributed by atoms with Crippen LogP contribution in [0.1, 0.15) is 17.9 Å². The Morgan fingerprint density at radius 2 is 2.30 bits per heavy atom. The zero-order valence-corrected chi connectivity index (χ0v) is 13.0. The molecule has 0 unspecified atom stereocenters. The molecule has 0 aromatic carbocycles. The minimum Gasteiger partial charge on any atom is -0.481 e. The van der Waals surface area contributed by atoms with Gasteiger partial charge in [0.15, 0.2) is 0 Å². The second-order valence-electron chi connectivity index (χ2n) is 4.38. The molecule has 5 nitrogen and oxygen atoms in total.